The second kappa shape index (κ2) is 6.68. The highest BCUT2D eigenvalue weighted by atomic mass is 79.9. The third kappa shape index (κ3) is 3.68. The van der Waals surface area contributed by atoms with Crippen molar-refractivity contribution in [3.05, 3.63) is 69.2 Å². The fourth-order valence-electron chi connectivity index (χ4n) is 2.00. The molecule has 0 aromatic heterocycles. The van der Waals surface area contributed by atoms with Crippen molar-refractivity contribution < 1.29 is 9.90 Å². The molecule has 3 nitrogen and oxygen atoms in total. The Bertz CT molecular complexity index is 626. The van der Waals surface area contributed by atoms with Gasteiger partial charge in [0.2, 0.25) is 0 Å². The maximum absolute atomic E-state index is 12.1. The Hall–Kier alpha value is -1.65. The van der Waals surface area contributed by atoms with Gasteiger partial charge in [-0.05, 0) is 41.8 Å². The number of rotatable bonds is 4. The van der Waals surface area contributed by atoms with Gasteiger partial charge in [-0.3, -0.25) is 4.79 Å². The third-order valence-corrected chi connectivity index (χ3v) is 3.55. The number of aryl methyl sites for hydroxylation is 1. The van der Waals surface area contributed by atoms with E-state index in [0.717, 1.165) is 21.2 Å². The normalized spacial score (nSPS) is 10.3. The number of aliphatic hydroxyl groups is 1. The highest BCUT2D eigenvalue weighted by molar-refractivity contribution is 9.10. The van der Waals surface area contributed by atoms with Gasteiger partial charge in [-0.1, -0.05) is 40.2 Å². The van der Waals surface area contributed by atoms with Crippen LogP contribution in [0, 0.1) is 6.92 Å². The highest BCUT2D eigenvalue weighted by Crippen LogP contribution is 2.16. The van der Waals surface area contributed by atoms with E-state index in [4.69, 9.17) is 5.11 Å². The summed E-state index contributed by atoms with van der Waals surface area (Å²) in [5.74, 6) is -0.0931. The summed E-state index contributed by atoms with van der Waals surface area (Å²) >= 11 is 3.38. The van der Waals surface area contributed by atoms with E-state index < -0.39 is 0 Å². The van der Waals surface area contributed by atoms with Gasteiger partial charge in [0.05, 0.1) is 6.61 Å². The van der Waals surface area contributed by atoms with Crippen LogP contribution in [0.4, 0.5) is 0 Å². The highest BCUT2D eigenvalue weighted by Gasteiger charge is 2.08. The molecule has 0 heterocycles. The number of hydrogen-bond acceptors (Lipinski definition) is 2. The first-order valence-electron chi connectivity index (χ1n) is 6.33. The second-order valence-corrected chi connectivity index (χ2v) is 5.54. The van der Waals surface area contributed by atoms with Gasteiger partial charge in [-0.2, -0.15) is 0 Å². The molecule has 0 fully saturated rings. The molecule has 20 heavy (non-hydrogen) atoms. The lowest BCUT2D eigenvalue weighted by atomic mass is 10.1. The molecule has 0 atom stereocenters. The van der Waals surface area contributed by atoms with Crippen molar-refractivity contribution in [2.45, 2.75) is 20.1 Å². The Labute approximate surface area is 126 Å². The fraction of sp³-hybridized carbons (Fsp3) is 0.188. The Morgan fingerprint density at radius 2 is 1.95 bits per heavy atom. The van der Waals surface area contributed by atoms with Crippen molar-refractivity contribution in [1.82, 2.24) is 5.32 Å². The minimum absolute atomic E-state index is 0.00755. The average molecular weight is 334 g/mol. The van der Waals surface area contributed by atoms with Crippen molar-refractivity contribution >= 4 is 21.8 Å². The van der Waals surface area contributed by atoms with Gasteiger partial charge in [0.1, 0.15) is 0 Å². The summed E-state index contributed by atoms with van der Waals surface area (Å²) in [5, 5.41) is 12.0. The monoisotopic (exact) mass is 333 g/mol. The van der Waals surface area contributed by atoms with Crippen molar-refractivity contribution in [2.75, 3.05) is 0 Å². The number of amides is 1. The summed E-state index contributed by atoms with van der Waals surface area (Å²) in [5.41, 5.74) is 3.42. The van der Waals surface area contributed by atoms with Gasteiger partial charge < -0.3 is 10.4 Å². The summed E-state index contributed by atoms with van der Waals surface area (Å²) in [6.07, 6.45) is 0. The van der Waals surface area contributed by atoms with E-state index in [1.54, 1.807) is 6.07 Å². The zero-order valence-electron chi connectivity index (χ0n) is 11.2. The van der Waals surface area contributed by atoms with E-state index >= 15 is 0 Å². The maximum Gasteiger partial charge on any atom is 0.251 e. The number of nitrogens with one attached hydrogen (secondary N) is 1. The van der Waals surface area contributed by atoms with Gasteiger partial charge >= 0.3 is 0 Å². The molecule has 2 N–H and O–H groups in total. The first-order chi connectivity index (χ1) is 9.60. The molecule has 0 spiro atoms. The van der Waals surface area contributed by atoms with Crippen LogP contribution in [0.15, 0.2) is 46.9 Å². The number of carbonyl (C=O) groups excluding carboxylic acids is 1. The van der Waals surface area contributed by atoms with Crippen molar-refractivity contribution in [2.24, 2.45) is 0 Å². The molecule has 0 unspecified atom stereocenters. The van der Waals surface area contributed by atoms with Crippen LogP contribution in [0.5, 0.6) is 0 Å². The van der Waals surface area contributed by atoms with E-state index in [1.807, 2.05) is 43.3 Å². The van der Waals surface area contributed by atoms with Gasteiger partial charge in [0.25, 0.3) is 5.91 Å². The van der Waals surface area contributed by atoms with Crippen LogP contribution in [0.3, 0.4) is 0 Å². The number of carbonyl (C=O) groups is 1. The molecule has 2 aromatic rings. The van der Waals surface area contributed by atoms with E-state index in [2.05, 4.69) is 21.2 Å². The first-order valence-corrected chi connectivity index (χ1v) is 7.12. The molecule has 0 aliphatic carbocycles. The lowest BCUT2D eigenvalue weighted by molar-refractivity contribution is 0.0950. The molecule has 0 aliphatic rings. The third-order valence-electron chi connectivity index (χ3n) is 3.06. The number of aliphatic hydroxyl groups excluding tert-OH is 1. The lowest BCUT2D eigenvalue weighted by Crippen LogP contribution is -2.23. The van der Waals surface area contributed by atoms with Crippen molar-refractivity contribution in [1.29, 1.82) is 0 Å². The van der Waals surface area contributed by atoms with Gasteiger partial charge in [-0.15, -0.1) is 0 Å². The minimum atomic E-state index is -0.0931. The average Bonchev–Trinajstić information content (AvgIpc) is 2.45. The maximum atomic E-state index is 12.1. The van der Waals surface area contributed by atoms with Crippen LogP contribution >= 0.6 is 15.9 Å². The van der Waals surface area contributed by atoms with Crippen LogP contribution in [0.1, 0.15) is 27.0 Å². The Morgan fingerprint density at radius 3 is 2.65 bits per heavy atom. The molecular weight excluding hydrogens is 318 g/mol. The molecular formula is C16H16BrNO2. The number of hydrogen-bond donors (Lipinski definition) is 2. The van der Waals surface area contributed by atoms with E-state index in [1.165, 1.54) is 0 Å². The van der Waals surface area contributed by atoms with E-state index in [9.17, 15) is 4.79 Å². The molecule has 0 saturated carbocycles. The zero-order valence-corrected chi connectivity index (χ0v) is 12.8. The summed E-state index contributed by atoms with van der Waals surface area (Å²) < 4.78 is 0.960. The van der Waals surface area contributed by atoms with E-state index in [0.29, 0.717) is 12.1 Å². The molecule has 0 aliphatic heterocycles. The summed E-state index contributed by atoms with van der Waals surface area (Å²) in [6, 6.07) is 13.1. The quantitative estimate of drug-likeness (QED) is 0.902. The zero-order chi connectivity index (χ0) is 14.5. The lowest BCUT2D eigenvalue weighted by Gasteiger charge is -2.09. The molecule has 1 amide bonds. The molecule has 2 rings (SSSR count). The van der Waals surface area contributed by atoms with Crippen LogP contribution in [-0.2, 0) is 13.2 Å². The summed E-state index contributed by atoms with van der Waals surface area (Å²) in [6.45, 7) is 2.36. The molecule has 0 saturated heterocycles. The topological polar surface area (TPSA) is 49.3 Å². The molecule has 4 heteroatoms. The van der Waals surface area contributed by atoms with Gasteiger partial charge in [-0.25, -0.2) is 0 Å². The van der Waals surface area contributed by atoms with Gasteiger partial charge in [0.15, 0.2) is 0 Å². The number of halogens is 1. The molecule has 2 aromatic carbocycles. The van der Waals surface area contributed by atoms with Crippen LogP contribution < -0.4 is 5.32 Å². The predicted octanol–water partition coefficient (Wildman–Crippen LogP) is 3.18. The largest absolute Gasteiger partial charge is 0.392 e. The second-order valence-electron chi connectivity index (χ2n) is 4.62. The van der Waals surface area contributed by atoms with Crippen LogP contribution in [0.25, 0.3) is 0 Å². The predicted molar refractivity (Wildman–Crippen MR) is 82.4 cm³/mol. The van der Waals surface area contributed by atoms with Crippen molar-refractivity contribution in [3.8, 4) is 0 Å². The summed E-state index contributed by atoms with van der Waals surface area (Å²) in [4.78, 5) is 12.1. The van der Waals surface area contributed by atoms with Gasteiger partial charge in [0, 0.05) is 16.6 Å². The number of benzene rings is 2. The van der Waals surface area contributed by atoms with Crippen LogP contribution in [0.2, 0.25) is 0 Å². The Morgan fingerprint density at radius 1 is 1.20 bits per heavy atom. The van der Waals surface area contributed by atoms with Crippen LogP contribution in [-0.4, -0.2) is 11.0 Å². The molecule has 0 bridgehead atoms. The first kappa shape index (κ1) is 14.8. The Balaban J connectivity index is 2.04. The standard InChI is InChI=1S/C16H16BrNO2/c1-11-7-14(17)5-6-15(11)16(20)18-9-12-3-2-4-13(8-12)10-19/h2-8,19H,9-10H2,1H3,(H,18,20). The summed E-state index contributed by atoms with van der Waals surface area (Å²) in [7, 11) is 0. The SMILES string of the molecule is Cc1cc(Br)ccc1C(=O)NCc1cccc(CO)c1. The fourth-order valence-corrected chi connectivity index (χ4v) is 2.47. The van der Waals surface area contributed by atoms with Crippen molar-refractivity contribution in [3.63, 3.8) is 0 Å². The minimum Gasteiger partial charge on any atom is -0.392 e. The molecule has 0 radical (unpaired) electrons. The van der Waals surface area contributed by atoms with E-state index in [-0.39, 0.29) is 12.5 Å². The smallest absolute Gasteiger partial charge is 0.251 e. The Kier molecular flexibility index (Phi) is 4.93. The molecule has 104 valence electrons.